The molecule has 0 spiro atoms. The third-order valence-electron chi connectivity index (χ3n) is 5.04. The number of rotatable bonds is 8. The number of anilines is 1. The lowest BCUT2D eigenvalue weighted by Crippen LogP contribution is -2.29. The second-order valence-corrected chi connectivity index (χ2v) is 9.47. The van der Waals surface area contributed by atoms with Gasteiger partial charge in [0.05, 0.1) is 33.9 Å². The van der Waals surface area contributed by atoms with E-state index in [1.54, 1.807) is 6.92 Å². The first-order valence-corrected chi connectivity index (χ1v) is 12.2. The summed E-state index contributed by atoms with van der Waals surface area (Å²) >= 11 is 2.70. The van der Waals surface area contributed by atoms with Crippen molar-refractivity contribution in [3.05, 3.63) is 86.2 Å². The molecule has 1 aromatic heterocycles. The van der Waals surface area contributed by atoms with Gasteiger partial charge in [0.15, 0.2) is 0 Å². The maximum atomic E-state index is 12.8. The minimum Gasteiger partial charge on any atom is -0.458 e. The zero-order valence-corrected chi connectivity index (χ0v) is 20.4. The summed E-state index contributed by atoms with van der Waals surface area (Å²) in [6, 6.07) is 11.9. The summed E-state index contributed by atoms with van der Waals surface area (Å²) in [5.74, 6) is -1.12. The van der Waals surface area contributed by atoms with Crippen LogP contribution < -0.4 is 10.6 Å². The first-order chi connectivity index (χ1) is 15.8. The number of dihydropyridines is 1. The van der Waals surface area contributed by atoms with Gasteiger partial charge in [-0.3, -0.25) is 4.79 Å². The van der Waals surface area contributed by atoms with E-state index in [-0.39, 0.29) is 18.3 Å². The number of esters is 1. The molecule has 33 heavy (non-hydrogen) atoms. The fraction of sp³-hybridized carbons (Fsp3) is 0.240. The number of ether oxygens (including phenoxy) is 1. The number of nitriles is 1. The maximum Gasteiger partial charge on any atom is 0.337 e. The molecule has 1 aliphatic rings. The van der Waals surface area contributed by atoms with Crippen molar-refractivity contribution < 1.29 is 14.3 Å². The first kappa shape index (κ1) is 24.4. The van der Waals surface area contributed by atoms with Crippen LogP contribution in [0.2, 0.25) is 0 Å². The van der Waals surface area contributed by atoms with E-state index >= 15 is 0 Å². The topological polar surface area (TPSA) is 91.2 Å². The molecule has 3 rings (SSSR count). The Hall–Kier alpha value is -3.28. The number of thioether (sulfide) groups is 1. The van der Waals surface area contributed by atoms with Crippen molar-refractivity contribution in [1.29, 1.82) is 5.26 Å². The molecule has 1 atom stereocenters. The number of aryl methyl sites for hydroxylation is 2. The van der Waals surface area contributed by atoms with Crippen LogP contribution in [0.4, 0.5) is 5.69 Å². The summed E-state index contributed by atoms with van der Waals surface area (Å²) in [6.45, 7) is 9.34. The van der Waals surface area contributed by atoms with Gasteiger partial charge in [-0.1, -0.05) is 42.6 Å². The van der Waals surface area contributed by atoms with Crippen LogP contribution in [0.5, 0.6) is 0 Å². The van der Waals surface area contributed by atoms with Crippen molar-refractivity contribution in [2.45, 2.75) is 26.7 Å². The van der Waals surface area contributed by atoms with Crippen molar-refractivity contribution in [2.24, 2.45) is 0 Å². The smallest absolute Gasteiger partial charge is 0.337 e. The number of benzene rings is 1. The highest BCUT2D eigenvalue weighted by atomic mass is 32.2. The number of amides is 1. The molecule has 1 aliphatic heterocycles. The van der Waals surface area contributed by atoms with Gasteiger partial charge in [-0.2, -0.15) is 5.26 Å². The van der Waals surface area contributed by atoms with Crippen molar-refractivity contribution in [3.63, 3.8) is 0 Å². The number of allylic oxidation sites excluding steroid dienone is 2. The lowest BCUT2D eigenvalue weighted by atomic mass is 9.87. The molecule has 2 heterocycles. The molecule has 2 aromatic rings. The molecule has 6 nitrogen and oxygen atoms in total. The second-order valence-electron chi connectivity index (χ2n) is 7.51. The lowest BCUT2D eigenvalue weighted by molar-refractivity contribution is -0.138. The Kier molecular flexibility index (Phi) is 8.15. The minimum absolute atomic E-state index is 0.0819. The number of carbonyl (C=O) groups is 2. The Morgan fingerprint density at radius 3 is 2.79 bits per heavy atom. The number of hydrogen-bond acceptors (Lipinski definition) is 7. The lowest BCUT2D eigenvalue weighted by Gasteiger charge is -2.28. The molecule has 0 aliphatic carbocycles. The van der Waals surface area contributed by atoms with E-state index in [2.05, 4.69) is 23.3 Å². The zero-order valence-electron chi connectivity index (χ0n) is 18.7. The average molecular weight is 480 g/mol. The maximum absolute atomic E-state index is 12.8. The van der Waals surface area contributed by atoms with Crippen LogP contribution in [0.3, 0.4) is 0 Å². The molecule has 1 amide bonds. The molecular weight excluding hydrogens is 454 g/mol. The molecule has 8 heteroatoms. The molecular formula is C25H25N3O3S2. The molecule has 1 aromatic carbocycles. The van der Waals surface area contributed by atoms with Crippen molar-refractivity contribution >= 4 is 40.7 Å². The van der Waals surface area contributed by atoms with E-state index in [9.17, 15) is 14.9 Å². The Balaban J connectivity index is 1.84. The van der Waals surface area contributed by atoms with Crippen molar-refractivity contribution in [2.75, 3.05) is 17.7 Å². The van der Waals surface area contributed by atoms with Crippen LogP contribution in [0, 0.1) is 25.2 Å². The Morgan fingerprint density at radius 1 is 1.33 bits per heavy atom. The Bertz CT molecular complexity index is 1170. The van der Waals surface area contributed by atoms with Gasteiger partial charge in [0, 0.05) is 16.3 Å². The van der Waals surface area contributed by atoms with Crippen LogP contribution in [0.1, 0.15) is 28.8 Å². The van der Waals surface area contributed by atoms with E-state index in [1.165, 1.54) is 29.2 Å². The monoisotopic (exact) mass is 479 g/mol. The van der Waals surface area contributed by atoms with E-state index < -0.39 is 11.9 Å². The molecule has 0 bridgehead atoms. The molecule has 1 unspecified atom stereocenters. The SMILES string of the molecule is C=CCOC(=O)C1=C(C)NC(SCC(=O)Nc2cc(C)ccc2C)=C(C#N)C1c1cccs1. The molecule has 0 saturated heterocycles. The summed E-state index contributed by atoms with van der Waals surface area (Å²) in [6.07, 6.45) is 1.50. The van der Waals surface area contributed by atoms with Gasteiger partial charge in [0.25, 0.3) is 0 Å². The average Bonchev–Trinajstić information content (AvgIpc) is 3.32. The van der Waals surface area contributed by atoms with Gasteiger partial charge in [-0.15, -0.1) is 11.3 Å². The standard InChI is InChI=1S/C25H25N3O3S2/c1-5-10-31-25(30)22-17(4)27-24(18(13-26)23(22)20-7-6-11-32-20)33-14-21(29)28-19-12-15(2)8-9-16(19)3/h5-9,11-12,23,27H,1,10,14H2,2-4H3,(H,28,29). The van der Waals surface area contributed by atoms with Gasteiger partial charge in [0.2, 0.25) is 5.91 Å². The predicted molar refractivity (Wildman–Crippen MR) is 134 cm³/mol. The third-order valence-corrected chi connectivity index (χ3v) is 7.00. The number of carbonyl (C=O) groups excluding carboxylic acids is 2. The van der Waals surface area contributed by atoms with Gasteiger partial charge in [-0.25, -0.2) is 4.79 Å². The number of nitrogens with one attached hydrogen (secondary N) is 2. The third kappa shape index (κ3) is 5.75. The summed E-state index contributed by atoms with van der Waals surface area (Å²) in [4.78, 5) is 26.3. The van der Waals surface area contributed by atoms with Crippen molar-refractivity contribution in [1.82, 2.24) is 5.32 Å². The Labute approximate surface area is 202 Å². The highest BCUT2D eigenvalue weighted by molar-refractivity contribution is 8.03. The fourth-order valence-corrected chi connectivity index (χ4v) is 5.18. The summed E-state index contributed by atoms with van der Waals surface area (Å²) in [5.41, 5.74) is 4.18. The largest absolute Gasteiger partial charge is 0.458 e. The van der Waals surface area contributed by atoms with Crippen molar-refractivity contribution in [3.8, 4) is 6.07 Å². The molecule has 0 radical (unpaired) electrons. The zero-order chi connectivity index (χ0) is 24.0. The second kappa shape index (κ2) is 11.0. The Morgan fingerprint density at radius 2 is 2.12 bits per heavy atom. The minimum atomic E-state index is -0.557. The van der Waals surface area contributed by atoms with E-state index in [4.69, 9.17) is 4.74 Å². The first-order valence-electron chi connectivity index (χ1n) is 10.3. The van der Waals surface area contributed by atoms with Gasteiger partial charge in [-0.05, 0) is 49.4 Å². The summed E-state index contributed by atoms with van der Waals surface area (Å²) in [5, 5.41) is 18.6. The summed E-state index contributed by atoms with van der Waals surface area (Å²) < 4.78 is 5.29. The van der Waals surface area contributed by atoms with Crippen LogP contribution in [-0.2, 0) is 14.3 Å². The highest BCUT2D eigenvalue weighted by Gasteiger charge is 2.36. The molecule has 170 valence electrons. The normalized spacial score (nSPS) is 15.5. The quantitative estimate of drug-likeness (QED) is 0.401. The molecule has 0 fully saturated rings. The van der Waals surface area contributed by atoms with Gasteiger partial charge in [0.1, 0.15) is 6.61 Å². The van der Waals surface area contributed by atoms with Gasteiger partial charge >= 0.3 is 5.97 Å². The van der Waals surface area contributed by atoms with E-state index in [1.807, 2.05) is 49.6 Å². The van der Waals surface area contributed by atoms with Crippen LogP contribution in [0.25, 0.3) is 0 Å². The number of thiophene rings is 1. The number of nitrogens with zero attached hydrogens (tertiary/aromatic N) is 1. The van der Waals surface area contributed by atoms with E-state index in [0.29, 0.717) is 21.9 Å². The summed E-state index contributed by atoms with van der Waals surface area (Å²) in [7, 11) is 0. The molecule has 0 saturated carbocycles. The highest BCUT2D eigenvalue weighted by Crippen LogP contribution is 2.42. The van der Waals surface area contributed by atoms with Crippen LogP contribution in [0.15, 0.2) is 70.2 Å². The van der Waals surface area contributed by atoms with Crippen LogP contribution in [-0.4, -0.2) is 24.2 Å². The molecule has 2 N–H and O–H groups in total. The van der Waals surface area contributed by atoms with Gasteiger partial charge < -0.3 is 15.4 Å². The number of hydrogen-bond donors (Lipinski definition) is 2. The fourth-order valence-electron chi connectivity index (χ4n) is 3.44. The van der Waals surface area contributed by atoms with Crippen LogP contribution >= 0.6 is 23.1 Å². The van der Waals surface area contributed by atoms with E-state index in [0.717, 1.165) is 21.7 Å². The predicted octanol–water partition coefficient (Wildman–Crippen LogP) is 5.16.